The number of ether oxygens (including phenoxy) is 1. The number of fused-ring (bicyclic) bond motifs is 1. The fourth-order valence-corrected chi connectivity index (χ4v) is 3.69. The molecule has 1 saturated heterocycles. The van der Waals surface area contributed by atoms with Crippen molar-refractivity contribution in [1.29, 1.82) is 5.26 Å². The molecule has 31 heavy (non-hydrogen) atoms. The first kappa shape index (κ1) is 18.8. The summed E-state index contributed by atoms with van der Waals surface area (Å²) in [5.74, 6) is 0.374. The van der Waals surface area contributed by atoms with Crippen LogP contribution < -0.4 is 15.0 Å². The highest BCUT2D eigenvalue weighted by Gasteiger charge is 2.46. The average Bonchev–Trinajstić information content (AvgIpc) is 3.45. The van der Waals surface area contributed by atoms with Gasteiger partial charge in [-0.25, -0.2) is 4.52 Å². The molecule has 0 bridgehead atoms. The number of nitrogens with one attached hydrogen (secondary N) is 2. The summed E-state index contributed by atoms with van der Waals surface area (Å²) in [5, 5.41) is 27.6. The largest absolute Gasteiger partial charge is 0.431 e. The van der Waals surface area contributed by atoms with Crippen LogP contribution in [0.3, 0.4) is 0 Å². The molecule has 1 fully saturated rings. The number of nitriles is 1. The molecule has 0 atom stereocenters. The fourth-order valence-electron chi connectivity index (χ4n) is 3.69. The Hall–Kier alpha value is -4.21. The zero-order valence-electron chi connectivity index (χ0n) is 16.0. The minimum atomic E-state index is -2.93. The molecule has 0 radical (unpaired) electrons. The van der Waals surface area contributed by atoms with Crippen molar-refractivity contribution in [3.8, 4) is 11.8 Å². The van der Waals surface area contributed by atoms with E-state index in [9.17, 15) is 14.0 Å². The topological polar surface area (TPSA) is 125 Å². The van der Waals surface area contributed by atoms with E-state index in [0.717, 1.165) is 11.4 Å². The quantitative estimate of drug-likeness (QED) is 0.460. The second-order valence-corrected chi connectivity index (χ2v) is 7.12. The minimum Gasteiger partial charge on any atom is -0.431 e. The smallest absolute Gasteiger partial charge is 0.387 e. The van der Waals surface area contributed by atoms with Crippen LogP contribution in [-0.4, -0.2) is 54.3 Å². The molecule has 4 aromatic heterocycles. The molecule has 0 aliphatic carbocycles. The predicted octanol–water partition coefficient (Wildman–Crippen LogP) is 2.12. The Kier molecular flexibility index (Phi) is 4.39. The van der Waals surface area contributed by atoms with Gasteiger partial charge in [-0.3, -0.25) is 9.78 Å². The number of hydrogen-bond donors (Lipinski definition) is 2. The van der Waals surface area contributed by atoms with Crippen molar-refractivity contribution < 1.29 is 13.5 Å². The number of halogens is 2. The van der Waals surface area contributed by atoms with Gasteiger partial charge in [0.05, 0.1) is 42.5 Å². The molecule has 0 unspecified atom stereocenters. The van der Waals surface area contributed by atoms with Gasteiger partial charge in [-0.1, -0.05) is 0 Å². The van der Waals surface area contributed by atoms with E-state index >= 15 is 0 Å². The number of rotatable bonds is 7. The highest BCUT2D eigenvalue weighted by atomic mass is 19.3. The lowest BCUT2D eigenvalue weighted by atomic mass is 9.86. The van der Waals surface area contributed by atoms with Crippen molar-refractivity contribution in [2.75, 3.05) is 23.3 Å². The maximum Gasteiger partial charge on any atom is 0.387 e. The van der Waals surface area contributed by atoms with Crippen molar-refractivity contribution in [1.82, 2.24) is 34.6 Å². The van der Waals surface area contributed by atoms with Crippen molar-refractivity contribution >= 4 is 23.0 Å². The summed E-state index contributed by atoms with van der Waals surface area (Å²) in [7, 11) is 0. The van der Waals surface area contributed by atoms with Crippen LogP contribution in [-0.2, 0) is 5.54 Å². The van der Waals surface area contributed by atoms with Crippen LogP contribution in [0.4, 0.5) is 26.1 Å². The van der Waals surface area contributed by atoms with Crippen LogP contribution in [0.1, 0.15) is 6.42 Å². The lowest BCUT2D eigenvalue weighted by molar-refractivity contribution is -0.0500. The monoisotopic (exact) mass is 426 g/mol. The van der Waals surface area contributed by atoms with E-state index in [-0.39, 0.29) is 12.2 Å². The molecule has 5 heterocycles. The van der Waals surface area contributed by atoms with Crippen molar-refractivity contribution in [3.63, 3.8) is 0 Å². The number of H-pyrrole nitrogens is 1. The number of pyridine rings is 1. The van der Waals surface area contributed by atoms with Crippen LogP contribution in [0.2, 0.25) is 0 Å². The minimum absolute atomic E-state index is 0.0414. The van der Waals surface area contributed by atoms with E-state index in [1.807, 2.05) is 17.0 Å². The third-order valence-electron chi connectivity index (χ3n) is 5.09. The first-order valence-corrected chi connectivity index (χ1v) is 9.29. The first-order valence-electron chi connectivity index (χ1n) is 9.29. The number of anilines is 3. The van der Waals surface area contributed by atoms with E-state index in [1.165, 1.54) is 17.1 Å². The standard InChI is InChI=1S/C18H16F2N10O/c19-16(20)31-13-8-24-30(9-13)18(3-4-21)10-28(11-18)14-2-1-5-29-15(14)26-17(27-29)25-12-6-22-23-7-12/h1-2,5-9,16H,3,10-11H2,(H,22,23)(H,25,27). The van der Waals surface area contributed by atoms with Crippen LogP contribution in [0.5, 0.6) is 5.75 Å². The van der Waals surface area contributed by atoms with Crippen LogP contribution >= 0.6 is 0 Å². The summed E-state index contributed by atoms with van der Waals surface area (Å²) < 4.78 is 32.5. The van der Waals surface area contributed by atoms with E-state index < -0.39 is 12.2 Å². The summed E-state index contributed by atoms with van der Waals surface area (Å²) in [6, 6.07) is 5.93. The molecule has 13 heteroatoms. The highest BCUT2D eigenvalue weighted by Crippen LogP contribution is 2.38. The summed E-state index contributed by atoms with van der Waals surface area (Å²) in [6.07, 6.45) is 7.88. The van der Waals surface area contributed by atoms with Crippen LogP contribution in [0, 0.1) is 11.3 Å². The van der Waals surface area contributed by atoms with Gasteiger partial charge in [0.15, 0.2) is 11.4 Å². The second-order valence-electron chi connectivity index (χ2n) is 7.12. The first-order chi connectivity index (χ1) is 15.1. The molecule has 0 saturated carbocycles. The molecule has 4 aromatic rings. The Labute approximate surface area is 173 Å². The number of aromatic nitrogens is 7. The third-order valence-corrected chi connectivity index (χ3v) is 5.09. The molecular formula is C18H16F2N10O. The van der Waals surface area contributed by atoms with E-state index in [1.54, 1.807) is 23.1 Å². The lowest BCUT2D eigenvalue weighted by Gasteiger charge is -2.50. The Bertz CT molecular complexity index is 1240. The number of hydrogen-bond acceptors (Lipinski definition) is 8. The zero-order chi connectivity index (χ0) is 21.4. The molecule has 11 nitrogen and oxygen atoms in total. The Balaban J connectivity index is 1.39. The SMILES string of the molecule is N#CCC1(n2cc(OC(F)F)cn2)CN(c2cccn3nc(Nc4cn[nH]c4)nc23)C1. The third kappa shape index (κ3) is 3.37. The van der Waals surface area contributed by atoms with Gasteiger partial charge >= 0.3 is 6.61 Å². The molecule has 158 valence electrons. The molecule has 0 spiro atoms. The molecule has 5 rings (SSSR count). The molecule has 2 N–H and O–H groups in total. The van der Waals surface area contributed by atoms with Gasteiger partial charge in [-0.05, 0) is 12.1 Å². The van der Waals surface area contributed by atoms with Crippen molar-refractivity contribution in [2.45, 2.75) is 18.6 Å². The summed E-state index contributed by atoms with van der Waals surface area (Å²) in [5.41, 5.74) is 1.56. The highest BCUT2D eigenvalue weighted by molar-refractivity contribution is 5.72. The van der Waals surface area contributed by atoms with Gasteiger partial charge in [0.1, 0.15) is 5.54 Å². The molecule has 1 aliphatic heterocycles. The number of aromatic amines is 1. The fraction of sp³-hybridized carbons (Fsp3) is 0.278. The molecule has 0 amide bonds. The Morgan fingerprint density at radius 1 is 1.35 bits per heavy atom. The van der Waals surface area contributed by atoms with Gasteiger partial charge in [0.25, 0.3) is 0 Å². The molecule has 1 aliphatic rings. The van der Waals surface area contributed by atoms with E-state index in [2.05, 4.69) is 41.5 Å². The Morgan fingerprint density at radius 2 is 2.23 bits per heavy atom. The number of alkyl halides is 2. The normalized spacial score (nSPS) is 15.1. The van der Waals surface area contributed by atoms with Gasteiger partial charge in [0, 0.05) is 25.5 Å². The zero-order valence-corrected chi connectivity index (χ0v) is 16.0. The van der Waals surface area contributed by atoms with E-state index in [0.29, 0.717) is 24.7 Å². The van der Waals surface area contributed by atoms with Gasteiger partial charge in [0.2, 0.25) is 5.95 Å². The van der Waals surface area contributed by atoms with Crippen LogP contribution in [0.15, 0.2) is 43.1 Å². The van der Waals surface area contributed by atoms with Gasteiger partial charge < -0.3 is 15.0 Å². The van der Waals surface area contributed by atoms with Crippen molar-refractivity contribution in [3.05, 3.63) is 43.1 Å². The Morgan fingerprint density at radius 3 is 2.97 bits per heavy atom. The lowest BCUT2D eigenvalue weighted by Crippen LogP contribution is -2.63. The summed E-state index contributed by atoms with van der Waals surface area (Å²) in [4.78, 5) is 6.60. The van der Waals surface area contributed by atoms with Crippen molar-refractivity contribution in [2.24, 2.45) is 0 Å². The average molecular weight is 426 g/mol. The molecular weight excluding hydrogens is 410 g/mol. The second kappa shape index (κ2) is 7.24. The predicted molar refractivity (Wildman–Crippen MR) is 104 cm³/mol. The van der Waals surface area contributed by atoms with Gasteiger partial charge in [-0.15, -0.1) is 5.10 Å². The van der Waals surface area contributed by atoms with Gasteiger partial charge in [-0.2, -0.15) is 29.2 Å². The maximum absolute atomic E-state index is 12.5. The maximum atomic E-state index is 12.5. The van der Waals surface area contributed by atoms with E-state index in [4.69, 9.17) is 0 Å². The summed E-state index contributed by atoms with van der Waals surface area (Å²) in [6.45, 7) is -2.03. The number of nitrogens with zero attached hydrogens (tertiary/aromatic N) is 8. The molecule has 0 aromatic carbocycles. The summed E-state index contributed by atoms with van der Waals surface area (Å²) >= 11 is 0. The van der Waals surface area contributed by atoms with Crippen LogP contribution in [0.25, 0.3) is 5.65 Å².